The minimum Gasteiger partial charge on any atom is -0.478 e. The minimum atomic E-state index is 0.547. The van der Waals surface area contributed by atoms with Gasteiger partial charge in [-0.15, -0.1) is 11.6 Å². The molecule has 4 heteroatoms. The molecule has 19 heavy (non-hydrogen) atoms. The SMILES string of the molecule is CCOc1cccc(NCc2ccc(CCl)cc2)n1. The molecule has 100 valence electrons. The molecule has 3 nitrogen and oxygen atoms in total. The van der Waals surface area contributed by atoms with E-state index in [-0.39, 0.29) is 0 Å². The van der Waals surface area contributed by atoms with Crippen LogP contribution < -0.4 is 10.1 Å². The second-order valence-corrected chi connectivity index (χ2v) is 4.37. The number of pyridine rings is 1. The zero-order valence-corrected chi connectivity index (χ0v) is 11.7. The summed E-state index contributed by atoms with van der Waals surface area (Å²) in [7, 11) is 0. The van der Waals surface area contributed by atoms with Crippen molar-refractivity contribution in [2.45, 2.75) is 19.3 Å². The molecule has 2 rings (SSSR count). The van der Waals surface area contributed by atoms with Crippen molar-refractivity contribution in [3.63, 3.8) is 0 Å². The van der Waals surface area contributed by atoms with Crippen LogP contribution in [-0.2, 0) is 12.4 Å². The third-order valence-corrected chi connectivity index (χ3v) is 2.98. The Kier molecular flexibility index (Phi) is 5.04. The lowest BCUT2D eigenvalue weighted by Crippen LogP contribution is -2.02. The standard InChI is InChI=1S/C15H17ClN2O/c1-2-19-15-5-3-4-14(18-15)17-11-13-8-6-12(10-16)7-9-13/h3-9H,2,10-11H2,1H3,(H,17,18). The molecule has 0 bridgehead atoms. The maximum absolute atomic E-state index is 5.76. The molecule has 0 atom stereocenters. The fourth-order valence-electron chi connectivity index (χ4n) is 1.68. The maximum Gasteiger partial charge on any atom is 0.215 e. The zero-order chi connectivity index (χ0) is 13.5. The number of aromatic nitrogens is 1. The summed E-state index contributed by atoms with van der Waals surface area (Å²) in [4.78, 5) is 4.36. The normalized spacial score (nSPS) is 10.2. The lowest BCUT2D eigenvalue weighted by molar-refractivity contribution is 0.327. The van der Waals surface area contributed by atoms with Gasteiger partial charge in [0, 0.05) is 18.5 Å². The van der Waals surface area contributed by atoms with Gasteiger partial charge in [-0.25, -0.2) is 0 Å². The number of ether oxygens (including phenoxy) is 1. The van der Waals surface area contributed by atoms with Crippen molar-refractivity contribution in [2.24, 2.45) is 0 Å². The van der Waals surface area contributed by atoms with Crippen molar-refractivity contribution in [1.29, 1.82) is 0 Å². The number of alkyl halides is 1. The number of nitrogens with zero attached hydrogens (tertiary/aromatic N) is 1. The molecule has 1 N–H and O–H groups in total. The van der Waals surface area contributed by atoms with Crippen molar-refractivity contribution in [2.75, 3.05) is 11.9 Å². The van der Waals surface area contributed by atoms with Gasteiger partial charge in [0.2, 0.25) is 5.88 Å². The van der Waals surface area contributed by atoms with E-state index >= 15 is 0 Å². The Morgan fingerprint density at radius 1 is 1.11 bits per heavy atom. The molecule has 0 spiro atoms. The first-order chi connectivity index (χ1) is 9.31. The number of anilines is 1. The Hall–Kier alpha value is -1.74. The minimum absolute atomic E-state index is 0.547. The van der Waals surface area contributed by atoms with Crippen molar-refractivity contribution in [1.82, 2.24) is 4.98 Å². The van der Waals surface area contributed by atoms with Gasteiger partial charge in [-0.05, 0) is 24.1 Å². The van der Waals surface area contributed by atoms with Crippen LogP contribution in [0.1, 0.15) is 18.1 Å². The van der Waals surface area contributed by atoms with Gasteiger partial charge in [-0.2, -0.15) is 4.98 Å². The van der Waals surface area contributed by atoms with Gasteiger partial charge in [-0.3, -0.25) is 0 Å². The topological polar surface area (TPSA) is 34.1 Å². The Balaban J connectivity index is 1.95. The molecule has 1 heterocycles. The van der Waals surface area contributed by atoms with Gasteiger partial charge in [-0.1, -0.05) is 30.3 Å². The van der Waals surface area contributed by atoms with E-state index in [1.54, 1.807) is 0 Å². The predicted molar refractivity (Wildman–Crippen MR) is 78.7 cm³/mol. The average Bonchev–Trinajstić information content (AvgIpc) is 2.46. The number of halogens is 1. The second kappa shape index (κ2) is 7.00. The number of benzene rings is 1. The van der Waals surface area contributed by atoms with Gasteiger partial charge >= 0.3 is 0 Å². The first-order valence-electron chi connectivity index (χ1n) is 6.29. The zero-order valence-electron chi connectivity index (χ0n) is 10.9. The molecular formula is C15H17ClN2O. The van der Waals surface area contributed by atoms with E-state index < -0.39 is 0 Å². The lowest BCUT2D eigenvalue weighted by Gasteiger charge is -2.08. The molecule has 0 saturated carbocycles. The number of nitrogens with one attached hydrogen (secondary N) is 1. The van der Waals surface area contributed by atoms with E-state index in [1.807, 2.05) is 37.3 Å². The highest BCUT2D eigenvalue weighted by Crippen LogP contribution is 2.13. The number of rotatable bonds is 6. The Morgan fingerprint density at radius 3 is 2.53 bits per heavy atom. The van der Waals surface area contributed by atoms with E-state index in [0.29, 0.717) is 18.4 Å². The molecule has 1 aromatic carbocycles. The smallest absolute Gasteiger partial charge is 0.215 e. The Labute approximate surface area is 118 Å². The molecule has 0 fully saturated rings. The molecule has 0 aliphatic heterocycles. The maximum atomic E-state index is 5.76. The van der Waals surface area contributed by atoms with Crippen molar-refractivity contribution < 1.29 is 4.74 Å². The highest BCUT2D eigenvalue weighted by molar-refractivity contribution is 6.17. The van der Waals surface area contributed by atoms with E-state index in [2.05, 4.69) is 22.4 Å². The monoisotopic (exact) mass is 276 g/mol. The number of hydrogen-bond acceptors (Lipinski definition) is 3. The van der Waals surface area contributed by atoms with E-state index in [0.717, 1.165) is 17.9 Å². The van der Waals surface area contributed by atoms with Crippen LogP contribution in [-0.4, -0.2) is 11.6 Å². The average molecular weight is 277 g/mol. The molecule has 0 amide bonds. The third kappa shape index (κ3) is 4.14. The van der Waals surface area contributed by atoms with Crippen molar-refractivity contribution >= 4 is 17.4 Å². The molecule has 1 aromatic heterocycles. The van der Waals surface area contributed by atoms with E-state index in [9.17, 15) is 0 Å². The Morgan fingerprint density at radius 2 is 1.84 bits per heavy atom. The fraction of sp³-hybridized carbons (Fsp3) is 0.267. The van der Waals surface area contributed by atoms with Crippen LogP contribution in [0.15, 0.2) is 42.5 Å². The van der Waals surface area contributed by atoms with Crippen molar-refractivity contribution in [3.8, 4) is 5.88 Å². The predicted octanol–water partition coefficient (Wildman–Crippen LogP) is 3.83. The van der Waals surface area contributed by atoms with Crippen molar-refractivity contribution in [3.05, 3.63) is 53.6 Å². The molecule has 0 aliphatic rings. The quantitative estimate of drug-likeness (QED) is 0.814. The largest absolute Gasteiger partial charge is 0.478 e. The molecule has 0 radical (unpaired) electrons. The third-order valence-electron chi connectivity index (χ3n) is 2.67. The molecule has 0 unspecified atom stereocenters. The van der Waals surface area contributed by atoms with Crippen LogP contribution in [0.5, 0.6) is 5.88 Å². The van der Waals surface area contributed by atoms with Crippen LogP contribution in [0.2, 0.25) is 0 Å². The summed E-state index contributed by atoms with van der Waals surface area (Å²) in [6, 6.07) is 13.9. The first-order valence-corrected chi connectivity index (χ1v) is 6.82. The summed E-state index contributed by atoms with van der Waals surface area (Å²) >= 11 is 5.76. The van der Waals surface area contributed by atoms with Crippen LogP contribution in [0.3, 0.4) is 0 Å². The first kappa shape index (κ1) is 13.7. The van der Waals surface area contributed by atoms with Crippen LogP contribution in [0.4, 0.5) is 5.82 Å². The Bertz CT molecular complexity index is 514. The van der Waals surface area contributed by atoms with Gasteiger partial charge in [0.25, 0.3) is 0 Å². The second-order valence-electron chi connectivity index (χ2n) is 4.10. The van der Waals surface area contributed by atoms with E-state index in [1.165, 1.54) is 5.56 Å². The molecular weight excluding hydrogens is 260 g/mol. The van der Waals surface area contributed by atoms with Gasteiger partial charge in [0.05, 0.1) is 6.61 Å². The van der Waals surface area contributed by atoms with Gasteiger partial charge in [0.15, 0.2) is 0 Å². The summed E-state index contributed by atoms with van der Waals surface area (Å²) in [5.41, 5.74) is 2.32. The highest BCUT2D eigenvalue weighted by Gasteiger charge is 1.98. The van der Waals surface area contributed by atoms with Gasteiger partial charge in [0.1, 0.15) is 5.82 Å². The molecule has 0 saturated heterocycles. The number of hydrogen-bond donors (Lipinski definition) is 1. The van der Waals surface area contributed by atoms with Crippen LogP contribution >= 0.6 is 11.6 Å². The summed E-state index contributed by atoms with van der Waals surface area (Å²) in [6.07, 6.45) is 0. The van der Waals surface area contributed by atoms with E-state index in [4.69, 9.17) is 16.3 Å². The van der Waals surface area contributed by atoms with Gasteiger partial charge < -0.3 is 10.1 Å². The summed E-state index contributed by atoms with van der Waals surface area (Å²) in [5, 5.41) is 3.27. The summed E-state index contributed by atoms with van der Waals surface area (Å²) < 4.78 is 5.36. The van der Waals surface area contributed by atoms with Crippen LogP contribution in [0.25, 0.3) is 0 Å². The lowest BCUT2D eigenvalue weighted by atomic mass is 10.1. The fourth-order valence-corrected chi connectivity index (χ4v) is 1.86. The molecule has 2 aromatic rings. The summed E-state index contributed by atoms with van der Waals surface area (Å²) in [5.74, 6) is 2.00. The summed E-state index contributed by atoms with van der Waals surface area (Å²) in [6.45, 7) is 3.29. The molecule has 0 aliphatic carbocycles. The van der Waals surface area contributed by atoms with Crippen LogP contribution in [0, 0.1) is 0 Å². The highest BCUT2D eigenvalue weighted by atomic mass is 35.5.